The number of anilines is 1. The van der Waals surface area contributed by atoms with Crippen LogP contribution < -0.4 is 5.73 Å². The van der Waals surface area contributed by atoms with Crippen LogP contribution in [0.25, 0.3) is 0 Å². The van der Waals surface area contributed by atoms with Gasteiger partial charge in [-0.2, -0.15) is 0 Å². The molecule has 2 N–H and O–H groups in total. The second-order valence-corrected chi connectivity index (χ2v) is 6.04. The maximum absolute atomic E-state index is 6.09. The van der Waals surface area contributed by atoms with Crippen molar-refractivity contribution in [1.82, 2.24) is 4.90 Å². The van der Waals surface area contributed by atoms with Crippen LogP contribution >= 0.6 is 0 Å². The van der Waals surface area contributed by atoms with Crippen LogP contribution in [0.3, 0.4) is 0 Å². The smallest absolute Gasteiger partial charge is 0.0350 e. The Morgan fingerprint density at radius 1 is 0.900 bits per heavy atom. The summed E-state index contributed by atoms with van der Waals surface area (Å²) in [6.45, 7) is 2.19. The number of nitrogen functional groups attached to an aromatic ring is 1. The predicted octanol–water partition coefficient (Wildman–Crippen LogP) is 2.79. The van der Waals surface area contributed by atoms with Gasteiger partial charge in [-0.05, 0) is 47.6 Å². The van der Waals surface area contributed by atoms with Crippen LogP contribution in [0.4, 0.5) is 5.69 Å². The van der Waals surface area contributed by atoms with E-state index in [0.717, 1.165) is 25.2 Å². The molecule has 0 bridgehead atoms. The highest BCUT2D eigenvalue weighted by atomic mass is 15.2. The third-order valence-corrected chi connectivity index (χ3v) is 4.88. The summed E-state index contributed by atoms with van der Waals surface area (Å²) >= 11 is 0. The van der Waals surface area contributed by atoms with E-state index in [-0.39, 0.29) is 0 Å². The molecule has 2 aliphatic rings. The van der Waals surface area contributed by atoms with Gasteiger partial charge in [0.1, 0.15) is 0 Å². The fraction of sp³-hybridized carbons (Fsp3) is 0.333. The van der Waals surface area contributed by atoms with Crippen LogP contribution in [0, 0.1) is 0 Å². The Bertz CT molecular complexity index is 623. The number of nitrogens with two attached hydrogens (primary N) is 1. The third kappa shape index (κ3) is 1.92. The third-order valence-electron chi connectivity index (χ3n) is 4.88. The fourth-order valence-corrected chi connectivity index (χ4v) is 3.77. The zero-order valence-corrected chi connectivity index (χ0v) is 11.7. The molecule has 1 aliphatic carbocycles. The van der Waals surface area contributed by atoms with Gasteiger partial charge < -0.3 is 5.73 Å². The summed E-state index contributed by atoms with van der Waals surface area (Å²) in [5, 5.41) is 0. The second-order valence-electron chi connectivity index (χ2n) is 6.04. The highest BCUT2D eigenvalue weighted by molar-refractivity contribution is 5.52. The average molecular weight is 264 g/mol. The minimum Gasteiger partial charge on any atom is -0.398 e. The van der Waals surface area contributed by atoms with Crippen molar-refractivity contribution < 1.29 is 0 Å². The van der Waals surface area contributed by atoms with Crippen LogP contribution in [0.15, 0.2) is 42.5 Å². The van der Waals surface area contributed by atoms with Gasteiger partial charge in [-0.25, -0.2) is 0 Å². The van der Waals surface area contributed by atoms with Crippen molar-refractivity contribution >= 4 is 5.69 Å². The summed E-state index contributed by atoms with van der Waals surface area (Å²) in [6.07, 6.45) is 3.50. The van der Waals surface area contributed by atoms with Crippen LogP contribution in [-0.4, -0.2) is 17.5 Å². The van der Waals surface area contributed by atoms with Crippen molar-refractivity contribution in [3.63, 3.8) is 0 Å². The Labute approximate surface area is 120 Å². The molecule has 0 aromatic heterocycles. The first-order valence-corrected chi connectivity index (χ1v) is 7.48. The number of hydrogen-bond donors (Lipinski definition) is 1. The van der Waals surface area contributed by atoms with Gasteiger partial charge in [0.25, 0.3) is 0 Å². The molecule has 2 aromatic rings. The first kappa shape index (κ1) is 12.0. The van der Waals surface area contributed by atoms with Gasteiger partial charge in [-0.15, -0.1) is 0 Å². The summed E-state index contributed by atoms with van der Waals surface area (Å²) in [4.78, 5) is 2.64. The van der Waals surface area contributed by atoms with Crippen LogP contribution in [0.2, 0.25) is 0 Å². The topological polar surface area (TPSA) is 29.3 Å². The van der Waals surface area contributed by atoms with Crippen molar-refractivity contribution in [2.75, 3.05) is 12.3 Å². The Balaban J connectivity index is 1.56. The van der Waals surface area contributed by atoms with Gasteiger partial charge in [0.15, 0.2) is 0 Å². The number of hydrogen-bond acceptors (Lipinski definition) is 2. The summed E-state index contributed by atoms with van der Waals surface area (Å²) in [5.74, 6) is 0. The second kappa shape index (κ2) is 4.64. The molecule has 2 heteroatoms. The molecule has 102 valence electrons. The molecule has 0 spiro atoms. The lowest BCUT2D eigenvalue weighted by molar-refractivity contribution is 0.184. The highest BCUT2D eigenvalue weighted by Gasteiger charge is 2.29. The van der Waals surface area contributed by atoms with E-state index >= 15 is 0 Å². The molecule has 1 aliphatic heterocycles. The van der Waals surface area contributed by atoms with E-state index in [9.17, 15) is 0 Å². The van der Waals surface area contributed by atoms with Gasteiger partial charge in [0.2, 0.25) is 0 Å². The predicted molar refractivity (Wildman–Crippen MR) is 82.6 cm³/mol. The first-order valence-electron chi connectivity index (χ1n) is 7.48. The van der Waals surface area contributed by atoms with E-state index in [1.807, 2.05) is 6.07 Å². The number of fused-ring (bicyclic) bond motifs is 2. The van der Waals surface area contributed by atoms with Crippen LogP contribution in [0.1, 0.15) is 22.3 Å². The Morgan fingerprint density at radius 2 is 1.60 bits per heavy atom. The van der Waals surface area contributed by atoms with Gasteiger partial charge in [-0.1, -0.05) is 36.4 Å². The van der Waals surface area contributed by atoms with Crippen molar-refractivity contribution in [3.8, 4) is 0 Å². The van der Waals surface area contributed by atoms with Crippen LogP contribution in [0.5, 0.6) is 0 Å². The van der Waals surface area contributed by atoms with Gasteiger partial charge >= 0.3 is 0 Å². The Morgan fingerprint density at radius 3 is 2.35 bits per heavy atom. The highest BCUT2D eigenvalue weighted by Crippen LogP contribution is 2.30. The molecule has 0 atom stereocenters. The summed E-state index contributed by atoms with van der Waals surface area (Å²) in [5.41, 5.74) is 12.9. The number of rotatable bonds is 1. The minimum atomic E-state index is 0.669. The molecule has 0 unspecified atom stereocenters. The SMILES string of the molecule is Nc1cccc2c1CCN(C1Cc3ccccc3C1)C2. The normalized spacial score (nSPS) is 18.8. The average Bonchev–Trinajstić information content (AvgIpc) is 2.91. The lowest BCUT2D eigenvalue weighted by Crippen LogP contribution is -2.40. The molecule has 0 fully saturated rings. The monoisotopic (exact) mass is 264 g/mol. The summed E-state index contributed by atoms with van der Waals surface area (Å²) in [7, 11) is 0. The van der Waals surface area contributed by atoms with E-state index in [1.165, 1.54) is 35.1 Å². The molecular weight excluding hydrogens is 244 g/mol. The lowest BCUT2D eigenvalue weighted by Gasteiger charge is -2.34. The zero-order valence-electron chi connectivity index (χ0n) is 11.7. The molecule has 0 saturated heterocycles. The standard InChI is InChI=1S/C18H20N2/c19-18-7-3-6-15-12-20(9-8-17(15)18)16-10-13-4-1-2-5-14(13)11-16/h1-7,16H,8-12,19H2. The summed E-state index contributed by atoms with van der Waals surface area (Å²) in [6, 6.07) is 15.9. The lowest BCUT2D eigenvalue weighted by atomic mass is 9.96. The molecule has 20 heavy (non-hydrogen) atoms. The maximum atomic E-state index is 6.09. The Kier molecular flexibility index (Phi) is 2.78. The van der Waals surface area contributed by atoms with Gasteiger partial charge in [-0.3, -0.25) is 4.90 Å². The molecule has 0 saturated carbocycles. The van der Waals surface area contributed by atoms with Gasteiger partial charge in [0.05, 0.1) is 0 Å². The Hall–Kier alpha value is -1.80. The minimum absolute atomic E-state index is 0.669. The van der Waals surface area contributed by atoms with E-state index in [4.69, 9.17) is 5.73 Å². The molecule has 4 rings (SSSR count). The number of nitrogens with zero attached hydrogens (tertiary/aromatic N) is 1. The molecule has 2 nitrogen and oxygen atoms in total. The first-order chi connectivity index (χ1) is 9.81. The fourth-order valence-electron chi connectivity index (χ4n) is 3.77. The molecule has 0 amide bonds. The van der Waals surface area contributed by atoms with Crippen molar-refractivity contribution in [1.29, 1.82) is 0 Å². The summed E-state index contributed by atoms with van der Waals surface area (Å²) < 4.78 is 0. The molecule has 0 radical (unpaired) electrons. The van der Waals surface area contributed by atoms with Crippen LogP contribution in [-0.2, 0) is 25.8 Å². The van der Waals surface area contributed by atoms with Crippen molar-refractivity contribution in [2.45, 2.75) is 31.8 Å². The molecule has 1 heterocycles. The van der Waals surface area contributed by atoms with Gasteiger partial charge in [0, 0.05) is 24.8 Å². The van der Waals surface area contributed by atoms with E-state index in [1.54, 1.807) is 0 Å². The molecule has 2 aromatic carbocycles. The molecular formula is C18H20N2. The maximum Gasteiger partial charge on any atom is 0.0350 e. The van der Waals surface area contributed by atoms with E-state index in [0.29, 0.717) is 6.04 Å². The van der Waals surface area contributed by atoms with E-state index < -0.39 is 0 Å². The van der Waals surface area contributed by atoms with Crippen molar-refractivity contribution in [2.24, 2.45) is 0 Å². The van der Waals surface area contributed by atoms with Crippen molar-refractivity contribution in [3.05, 3.63) is 64.7 Å². The zero-order chi connectivity index (χ0) is 13.5. The number of benzene rings is 2. The largest absolute Gasteiger partial charge is 0.398 e. The quantitative estimate of drug-likeness (QED) is 0.803. The van der Waals surface area contributed by atoms with E-state index in [2.05, 4.69) is 41.3 Å².